The van der Waals surface area contributed by atoms with Crippen LogP contribution in [0.2, 0.25) is 0 Å². The number of hydrogen-bond acceptors (Lipinski definition) is 25. The van der Waals surface area contributed by atoms with Gasteiger partial charge in [-0.25, -0.2) is 33.0 Å². The summed E-state index contributed by atoms with van der Waals surface area (Å²) in [4.78, 5) is 197. The minimum absolute atomic E-state index is 0.00373. The lowest BCUT2D eigenvalue weighted by Crippen LogP contribution is -2.52. The van der Waals surface area contributed by atoms with Gasteiger partial charge in [0.1, 0.15) is 34.6 Å². The van der Waals surface area contributed by atoms with Gasteiger partial charge in [0.05, 0.1) is 123 Å². The van der Waals surface area contributed by atoms with Gasteiger partial charge in [-0.2, -0.15) is 25.5 Å². The molecule has 45 nitrogen and oxygen atoms in total. The van der Waals surface area contributed by atoms with Crippen LogP contribution < -0.4 is 76.9 Å². The first-order chi connectivity index (χ1) is 71.3. The molecule has 5 aromatic heterocycles. The van der Waals surface area contributed by atoms with Crippen molar-refractivity contribution in [3.05, 3.63) is 266 Å². The maximum Gasteiger partial charge on any atom is 0.322 e. The number of carbonyl (C=O) groups excluding carboxylic acids is 15. The van der Waals surface area contributed by atoms with Gasteiger partial charge in [-0.15, -0.1) is 0 Å². The first-order valence-electron chi connectivity index (χ1n) is 48.3. The number of hydrogen-bond donors (Lipinski definition) is 10. The molecular weight excluding hydrogens is 1930 g/mol. The molecule has 20 amide bonds. The van der Waals surface area contributed by atoms with E-state index >= 15 is 0 Å². The predicted molar refractivity (Wildman–Crippen MR) is 523 cm³/mol. The standard InChI is InChI=1S/C22H18FN5O4.C21H23N5O4.C20H21N5O4.2C20H23N5O4/c1-32-17-7-2-13-10-27(19(29)18(13)8-17)12-22(20(30)25-21(31)26-22)14-9-24-28(11-14)16-5-3-15(23)4-6-16;1-30-16-7-6-13-10-25(18(27)17(13)8-16)12-21(19(28)23-20(29)24-21)14-9-22-26(11-14)15-4-2-3-5-15;1-29-15-6-5-12-9-24(17(26)16(12)7-15)11-20(18(27)22-19(28)23-20)13-8-21-25(10-13)14-3-2-4-14;1-19(2,3)25-10-13(8-21-25)20(17(27)22-18(28)23-20)11-24-9-12-5-6-14(29-4)7-15(12)16(24)26;1-12(2)8-25-10-14(7-21-25)20(18(27)22-19(28)23-20)11-24-9-13-4-5-15(29-3)6-16(13)17(24)26/h2-9,11H,10,12H2,1H3,(H2,25,26,30,31);6-9,11,15H,2-5,10,12H2,1H3,(H2,23,24,28,29);5-8,10,14H,2-4,9,11H2,1H3,(H2,22,23,27,28);5-8,10H,9,11H2,1-4H3,(H2,22,23,27,28);4-7,10,12H,8-9,11H2,1-3H3,(H2,22,23,27,28)/t22-;21-;3*20-/m00000/s1. The van der Waals surface area contributed by atoms with Crippen LogP contribution in [0, 0.1) is 11.7 Å². The van der Waals surface area contributed by atoms with Crippen molar-refractivity contribution in [2.24, 2.45) is 5.92 Å². The molecule has 10 aliphatic heterocycles. The number of carbonyl (C=O) groups is 15. The van der Waals surface area contributed by atoms with Crippen LogP contribution in [-0.2, 0) is 96.5 Å². The molecule has 2 aliphatic carbocycles. The Bertz CT molecular complexity index is 7310. The summed E-state index contributed by atoms with van der Waals surface area (Å²) in [7, 11) is 7.70. The van der Waals surface area contributed by atoms with Gasteiger partial charge >= 0.3 is 30.2 Å². The fourth-order valence-electron chi connectivity index (χ4n) is 20.5. The number of ether oxygens (including phenoxy) is 5. The molecule has 5 saturated heterocycles. The molecule has 2 saturated carbocycles. The van der Waals surface area contributed by atoms with Gasteiger partial charge in [0.15, 0.2) is 27.7 Å². The molecule has 0 unspecified atom stereocenters. The number of methoxy groups -OCH3 is 5. The first kappa shape index (κ1) is 100. The Hall–Kier alpha value is -17.7. The van der Waals surface area contributed by atoms with Crippen molar-refractivity contribution >= 4 is 89.2 Å². The van der Waals surface area contributed by atoms with Gasteiger partial charge in [-0.1, -0.05) is 57.0 Å². The van der Waals surface area contributed by atoms with E-state index in [4.69, 9.17) is 23.7 Å². The second-order valence-corrected chi connectivity index (χ2v) is 39.8. The fourth-order valence-corrected chi connectivity index (χ4v) is 20.5. The van der Waals surface area contributed by atoms with Crippen molar-refractivity contribution < 1.29 is 100.0 Å². The number of fused-ring (bicyclic) bond motifs is 5. The number of aromatic nitrogens is 10. The molecule has 5 atom stereocenters. The van der Waals surface area contributed by atoms with Gasteiger partial charge in [0.25, 0.3) is 59.1 Å². The highest BCUT2D eigenvalue weighted by Gasteiger charge is 2.58. The van der Waals surface area contributed by atoms with E-state index in [-0.39, 0.29) is 80.2 Å². The van der Waals surface area contributed by atoms with Crippen LogP contribution in [0.5, 0.6) is 28.7 Å². The van der Waals surface area contributed by atoms with E-state index in [2.05, 4.69) is 92.5 Å². The van der Waals surface area contributed by atoms with Gasteiger partial charge in [-0.3, -0.25) is 93.3 Å². The largest absolute Gasteiger partial charge is 0.497 e. The Morgan fingerprint density at radius 3 is 0.886 bits per heavy atom. The number of imide groups is 5. The Morgan fingerprint density at radius 1 is 0.342 bits per heavy atom. The van der Waals surface area contributed by atoms with Crippen LogP contribution in [-0.4, -0.2) is 231 Å². The topological polar surface area (TPSA) is 528 Å². The molecule has 0 bridgehead atoms. The third-order valence-corrected chi connectivity index (χ3v) is 28.8. The number of benzene rings is 6. The molecule has 15 heterocycles. The summed E-state index contributed by atoms with van der Waals surface area (Å²) < 4.78 is 48.0. The van der Waals surface area contributed by atoms with Crippen molar-refractivity contribution in [2.75, 3.05) is 68.3 Å². The van der Waals surface area contributed by atoms with Crippen molar-refractivity contribution in [3.8, 4) is 34.4 Å². The zero-order chi connectivity index (χ0) is 105. The van der Waals surface area contributed by atoms with Gasteiger partial charge < -0.3 is 74.8 Å². The SMILES string of the molecule is COc1ccc2c(c1)C(=O)N(C[C@@]1(c3cnn(-c4ccc(F)cc4)c3)NC(=O)NC1=O)C2.COc1ccc2c(c1)C(=O)N(C[C@@]1(c3cnn(C(C)(C)C)c3)NC(=O)NC1=O)C2.COc1ccc2c(c1)C(=O)N(C[C@@]1(c3cnn(C4CCC4)c3)NC(=O)NC1=O)C2.COc1ccc2c(c1)C(=O)N(C[C@@]1(c3cnn(C4CCCC4)c3)NC(=O)NC1=O)C2.COc1ccc2c(c1)C(=O)N(C[C@@]1(c3cnn(CC(C)C)c3)NC(=O)NC1=O)C2. The first-order valence-corrected chi connectivity index (χ1v) is 48.3. The average molecular weight is 2040 g/mol. The molecule has 7 fully saturated rings. The molecule has 6 aromatic carbocycles. The lowest BCUT2D eigenvalue weighted by molar-refractivity contribution is -0.125. The normalized spacial score (nSPS) is 21.8. The summed E-state index contributed by atoms with van der Waals surface area (Å²) in [5.41, 5.74) is 2.78. The minimum atomic E-state index is -1.52. The van der Waals surface area contributed by atoms with Crippen LogP contribution in [0.25, 0.3) is 5.69 Å². The zero-order valence-corrected chi connectivity index (χ0v) is 83.0. The van der Waals surface area contributed by atoms with Crippen LogP contribution in [0.15, 0.2) is 177 Å². The number of urea groups is 5. The van der Waals surface area contributed by atoms with Gasteiger partial charge in [0, 0.05) is 126 Å². The van der Waals surface area contributed by atoms with Crippen LogP contribution in [0.4, 0.5) is 28.4 Å². The number of halogens is 1. The van der Waals surface area contributed by atoms with E-state index in [1.54, 1.807) is 180 Å². The highest BCUT2D eigenvalue weighted by molar-refractivity contribution is 6.13. The molecule has 11 aromatic rings. The highest BCUT2D eigenvalue weighted by atomic mass is 19.1. The Kier molecular flexibility index (Phi) is 26.4. The second kappa shape index (κ2) is 39.4. The fraction of sp³-hybridized carbons (Fsp3) is 0.359. The van der Waals surface area contributed by atoms with Crippen molar-refractivity contribution in [1.29, 1.82) is 0 Å². The molecule has 149 heavy (non-hydrogen) atoms. The maximum atomic E-state index is 13.3. The van der Waals surface area contributed by atoms with E-state index in [0.29, 0.717) is 141 Å². The molecule has 0 radical (unpaired) electrons. The lowest BCUT2D eigenvalue weighted by atomic mass is 9.91. The van der Waals surface area contributed by atoms with E-state index in [0.717, 1.165) is 72.8 Å². The van der Waals surface area contributed by atoms with Crippen LogP contribution >= 0.6 is 0 Å². The second-order valence-electron chi connectivity index (χ2n) is 39.8. The molecule has 772 valence electrons. The monoisotopic (exact) mass is 2030 g/mol. The summed E-state index contributed by atoms with van der Waals surface area (Å²) in [5.74, 6) is -0.674. The molecular formula is C103H108FN25O20. The van der Waals surface area contributed by atoms with E-state index in [1.165, 1.54) is 35.0 Å². The summed E-state index contributed by atoms with van der Waals surface area (Å²) in [5, 5.41) is 47.0. The molecule has 46 heteroatoms. The number of nitrogens with one attached hydrogen (secondary N) is 10. The number of amides is 20. The third kappa shape index (κ3) is 18.9. The minimum Gasteiger partial charge on any atom is -0.497 e. The summed E-state index contributed by atoms with van der Waals surface area (Å²) >= 11 is 0. The zero-order valence-electron chi connectivity index (χ0n) is 83.0. The number of nitrogens with zero attached hydrogens (tertiary/aromatic N) is 15. The Labute approximate surface area is 850 Å². The van der Waals surface area contributed by atoms with Crippen LogP contribution in [0.3, 0.4) is 0 Å². The third-order valence-electron chi connectivity index (χ3n) is 28.8. The summed E-state index contributed by atoms with van der Waals surface area (Å²) in [6.45, 7) is 12.4. The van der Waals surface area contributed by atoms with Gasteiger partial charge in [0.2, 0.25) is 0 Å². The summed E-state index contributed by atoms with van der Waals surface area (Å²) in [6.07, 6.45) is 24.2. The van der Waals surface area contributed by atoms with E-state index < -0.39 is 87.4 Å². The quantitative estimate of drug-likeness (QED) is 0.0251. The summed E-state index contributed by atoms with van der Waals surface area (Å²) in [6, 6.07) is 29.9. The molecule has 12 aliphatic rings. The van der Waals surface area contributed by atoms with Crippen LogP contribution in [0.1, 0.15) is 199 Å². The van der Waals surface area contributed by atoms with Crippen molar-refractivity contribution in [1.82, 2.24) is 127 Å². The molecule has 23 rings (SSSR count). The molecule has 10 N–H and O–H groups in total. The predicted octanol–water partition coefficient (Wildman–Crippen LogP) is 7.29. The van der Waals surface area contributed by atoms with Gasteiger partial charge in [-0.05, 0) is 172 Å². The lowest BCUT2D eigenvalue weighted by Gasteiger charge is -2.30. The average Bonchev–Trinajstić information content (AvgIpc) is 1.61. The van der Waals surface area contributed by atoms with E-state index in [9.17, 15) is 76.3 Å². The van der Waals surface area contributed by atoms with Crippen molar-refractivity contribution in [3.63, 3.8) is 0 Å². The smallest absolute Gasteiger partial charge is 0.322 e. The Morgan fingerprint density at radius 2 is 0.617 bits per heavy atom. The highest BCUT2D eigenvalue weighted by Crippen LogP contribution is 2.43. The maximum absolute atomic E-state index is 13.3. The van der Waals surface area contributed by atoms with Crippen molar-refractivity contribution in [2.45, 2.75) is 164 Å². The Balaban J connectivity index is 0.000000117. The molecule has 0 spiro atoms. The number of rotatable bonds is 25. The van der Waals surface area contributed by atoms with E-state index in [1.807, 2.05) is 66.8 Å².